The number of hydrogen-bond acceptors (Lipinski definition) is 5. The summed E-state index contributed by atoms with van der Waals surface area (Å²) < 4.78 is 38.0. The zero-order chi connectivity index (χ0) is 17.3. The Morgan fingerprint density at radius 2 is 2.04 bits per heavy atom. The molecule has 9 heteroatoms. The lowest BCUT2D eigenvalue weighted by molar-refractivity contribution is 0.342. The van der Waals surface area contributed by atoms with E-state index in [1.54, 1.807) is 31.2 Å². The molecule has 0 aliphatic carbocycles. The van der Waals surface area contributed by atoms with Crippen LogP contribution in [0, 0.1) is 0 Å². The van der Waals surface area contributed by atoms with Gasteiger partial charge >= 0.3 is 5.76 Å². The van der Waals surface area contributed by atoms with Crippen LogP contribution in [0.3, 0.4) is 0 Å². The van der Waals surface area contributed by atoms with Gasteiger partial charge in [-0.2, -0.15) is 0 Å². The molecule has 0 aliphatic heterocycles. The molecule has 7 nitrogen and oxygen atoms in total. The van der Waals surface area contributed by atoms with Crippen LogP contribution < -0.4 is 15.2 Å². The Kier molecular flexibility index (Phi) is 4.25. The van der Waals surface area contributed by atoms with Crippen molar-refractivity contribution in [1.29, 1.82) is 0 Å². The van der Waals surface area contributed by atoms with Crippen molar-refractivity contribution in [3.05, 3.63) is 52.0 Å². The monoisotopic (exact) mass is 368 g/mol. The molecular formula is C15H13ClN2O5S. The number of fused-ring (bicyclic) bond motifs is 1. The average molecular weight is 369 g/mol. The van der Waals surface area contributed by atoms with Crippen molar-refractivity contribution < 1.29 is 17.6 Å². The maximum absolute atomic E-state index is 12.6. The fourth-order valence-corrected chi connectivity index (χ4v) is 3.80. The molecule has 2 aromatic carbocycles. The second-order valence-corrected chi connectivity index (χ2v) is 6.89. The second-order valence-electron chi connectivity index (χ2n) is 4.83. The molecule has 0 radical (unpaired) electrons. The minimum absolute atomic E-state index is 0.0408. The smallest absolute Gasteiger partial charge is 0.417 e. The number of halogens is 1. The molecular weight excluding hydrogens is 356 g/mol. The highest BCUT2D eigenvalue weighted by Crippen LogP contribution is 2.31. The minimum atomic E-state index is -4.00. The molecule has 3 rings (SSSR count). The van der Waals surface area contributed by atoms with Gasteiger partial charge in [-0.05, 0) is 25.1 Å². The molecule has 0 fully saturated rings. The van der Waals surface area contributed by atoms with Crippen LogP contribution in [-0.2, 0) is 10.0 Å². The quantitative estimate of drug-likeness (QED) is 0.720. The Morgan fingerprint density at radius 1 is 1.29 bits per heavy atom. The first-order chi connectivity index (χ1) is 11.4. The number of aromatic nitrogens is 1. The van der Waals surface area contributed by atoms with Gasteiger partial charge in [0.15, 0.2) is 5.58 Å². The van der Waals surface area contributed by atoms with Gasteiger partial charge in [-0.1, -0.05) is 23.7 Å². The summed E-state index contributed by atoms with van der Waals surface area (Å²) in [6.45, 7) is 2.18. The van der Waals surface area contributed by atoms with Crippen LogP contribution in [0.1, 0.15) is 6.92 Å². The molecule has 0 saturated heterocycles. The van der Waals surface area contributed by atoms with Gasteiger partial charge in [0.2, 0.25) is 0 Å². The molecule has 0 aliphatic rings. The van der Waals surface area contributed by atoms with E-state index in [1.807, 2.05) is 0 Å². The SMILES string of the molecule is CCOc1ccccc1NS(=O)(=O)c1cc2oc(=O)[nH]c2cc1Cl. The fourth-order valence-electron chi connectivity index (χ4n) is 2.19. The zero-order valence-electron chi connectivity index (χ0n) is 12.5. The van der Waals surface area contributed by atoms with Crippen LogP contribution >= 0.6 is 11.6 Å². The van der Waals surface area contributed by atoms with Crippen LogP contribution in [0.25, 0.3) is 11.1 Å². The van der Waals surface area contributed by atoms with Gasteiger partial charge in [0.25, 0.3) is 10.0 Å². The number of H-pyrrole nitrogens is 1. The van der Waals surface area contributed by atoms with Gasteiger partial charge < -0.3 is 9.15 Å². The average Bonchev–Trinajstić information content (AvgIpc) is 2.87. The minimum Gasteiger partial charge on any atom is -0.492 e. The second kappa shape index (κ2) is 6.21. The van der Waals surface area contributed by atoms with E-state index < -0.39 is 15.8 Å². The number of para-hydroxylation sites is 2. The molecule has 0 unspecified atom stereocenters. The molecule has 0 amide bonds. The van der Waals surface area contributed by atoms with Gasteiger partial charge in [0.05, 0.1) is 22.8 Å². The predicted molar refractivity (Wildman–Crippen MR) is 90.3 cm³/mol. The summed E-state index contributed by atoms with van der Waals surface area (Å²) in [4.78, 5) is 13.4. The number of hydrogen-bond donors (Lipinski definition) is 2. The molecule has 1 heterocycles. The van der Waals surface area contributed by atoms with Crippen molar-refractivity contribution in [3.63, 3.8) is 0 Å². The van der Waals surface area contributed by atoms with E-state index in [0.717, 1.165) is 0 Å². The summed E-state index contributed by atoms with van der Waals surface area (Å²) >= 11 is 6.05. The lowest BCUT2D eigenvalue weighted by Gasteiger charge is -2.13. The Labute approximate surface area is 142 Å². The van der Waals surface area contributed by atoms with Crippen LogP contribution in [0.2, 0.25) is 5.02 Å². The third kappa shape index (κ3) is 3.10. The van der Waals surface area contributed by atoms with E-state index >= 15 is 0 Å². The van der Waals surface area contributed by atoms with E-state index in [0.29, 0.717) is 17.9 Å². The molecule has 0 atom stereocenters. The molecule has 24 heavy (non-hydrogen) atoms. The highest BCUT2D eigenvalue weighted by atomic mass is 35.5. The van der Waals surface area contributed by atoms with E-state index in [-0.39, 0.29) is 21.2 Å². The number of anilines is 1. The lowest BCUT2D eigenvalue weighted by Crippen LogP contribution is -2.14. The number of aromatic amines is 1. The van der Waals surface area contributed by atoms with E-state index in [1.165, 1.54) is 12.1 Å². The van der Waals surface area contributed by atoms with Gasteiger partial charge in [0.1, 0.15) is 10.6 Å². The third-order valence-corrected chi connectivity index (χ3v) is 5.02. The summed E-state index contributed by atoms with van der Waals surface area (Å²) in [5.74, 6) is -0.292. The van der Waals surface area contributed by atoms with Gasteiger partial charge in [-0.25, -0.2) is 13.2 Å². The Bertz CT molecular complexity index is 1060. The van der Waals surface area contributed by atoms with Gasteiger partial charge in [-0.15, -0.1) is 0 Å². The number of benzene rings is 2. The van der Waals surface area contributed by atoms with Crippen molar-refractivity contribution in [1.82, 2.24) is 4.98 Å². The number of oxazole rings is 1. The zero-order valence-corrected chi connectivity index (χ0v) is 14.1. The molecule has 1 aromatic heterocycles. The predicted octanol–water partition coefficient (Wildman–Crippen LogP) is 2.97. The molecule has 0 saturated carbocycles. The summed E-state index contributed by atoms with van der Waals surface area (Å²) in [5.41, 5.74) is 0.701. The summed E-state index contributed by atoms with van der Waals surface area (Å²) in [7, 11) is -4.00. The topological polar surface area (TPSA) is 101 Å². The largest absolute Gasteiger partial charge is 0.492 e. The Hall–Kier alpha value is -2.45. The van der Waals surface area contributed by atoms with Crippen molar-refractivity contribution >= 4 is 38.4 Å². The van der Waals surface area contributed by atoms with Crippen LogP contribution in [-0.4, -0.2) is 20.0 Å². The maximum atomic E-state index is 12.6. The highest BCUT2D eigenvalue weighted by Gasteiger charge is 2.22. The normalized spacial score (nSPS) is 11.6. The number of rotatable bonds is 5. The van der Waals surface area contributed by atoms with Crippen LogP contribution in [0.5, 0.6) is 5.75 Å². The standard InChI is InChI=1S/C15H13ClN2O5S/c1-2-22-12-6-4-3-5-10(12)18-24(20,21)14-8-13-11(7-9(14)16)17-15(19)23-13/h3-8,18H,2H2,1H3,(H,17,19). The van der Waals surface area contributed by atoms with E-state index in [2.05, 4.69) is 9.71 Å². The lowest BCUT2D eigenvalue weighted by atomic mass is 10.3. The Morgan fingerprint density at radius 3 is 2.79 bits per heavy atom. The molecule has 2 N–H and O–H groups in total. The summed E-state index contributed by atoms with van der Waals surface area (Å²) in [6.07, 6.45) is 0. The van der Waals surface area contributed by atoms with Crippen LogP contribution in [0.15, 0.2) is 50.5 Å². The first-order valence-corrected chi connectivity index (χ1v) is 8.84. The number of nitrogens with one attached hydrogen (secondary N) is 2. The fraction of sp³-hybridized carbons (Fsp3) is 0.133. The summed E-state index contributed by atoms with van der Waals surface area (Å²) in [5, 5.41) is -0.0408. The first-order valence-electron chi connectivity index (χ1n) is 6.97. The van der Waals surface area contributed by atoms with Crippen molar-refractivity contribution in [2.45, 2.75) is 11.8 Å². The molecule has 0 bridgehead atoms. The van der Waals surface area contributed by atoms with Crippen molar-refractivity contribution in [3.8, 4) is 5.75 Å². The first kappa shape index (κ1) is 16.4. The Balaban J connectivity index is 2.05. The summed E-state index contributed by atoms with van der Waals surface area (Å²) in [6, 6.07) is 9.15. The van der Waals surface area contributed by atoms with E-state index in [4.69, 9.17) is 20.8 Å². The van der Waals surface area contributed by atoms with Crippen molar-refractivity contribution in [2.24, 2.45) is 0 Å². The van der Waals surface area contributed by atoms with Crippen LogP contribution in [0.4, 0.5) is 5.69 Å². The molecule has 126 valence electrons. The van der Waals surface area contributed by atoms with E-state index in [9.17, 15) is 13.2 Å². The van der Waals surface area contributed by atoms with Gasteiger partial charge in [0, 0.05) is 6.07 Å². The van der Waals surface area contributed by atoms with Crippen molar-refractivity contribution in [2.75, 3.05) is 11.3 Å². The highest BCUT2D eigenvalue weighted by molar-refractivity contribution is 7.92. The molecule has 0 spiro atoms. The third-order valence-electron chi connectivity index (χ3n) is 3.19. The number of sulfonamides is 1. The molecule has 3 aromatic rings. The number of ether oxygens (including phenoxy) is 1. The van der Waals surface area contributed by atoms with Gasteiger partial charge in [-0.3, -0.25) is 9.71 Å². The maximum Gasteiger partial charge on any atom is 0.417 e.